The van der Waals surface area contributed by atoms with Gasteiger partial charge in [-0.15, -0.1) is 0 Å². The molecule has 120 valence electrons. The van der Waals surface area contributed by atoms with Gasteiger partial charge in [-0.2, -0.15) is 4.98 Å². The van der Waals surface area contributed by atoms with Gasteiger partial charge in [0.1, 0.15) is 5.82 Å². The molecule has 2 aromatic rings. The van der Waals surface area contributed by atoms with Gasteiger partial charge in [0, 0.05) is 31.4 Å². The van der Waals surface area contributed by atoms with Crippen molar-refractivity contribution >= 4 is 5.82 Å². The van der Waals surface area contributed by atoms with E-state index >= 15 is 0 Å². The van der Waals surface area contributed by atoms with Crippen molar-refractivity contribution in [2.75, 3.05) is 25.4 Å². The van der Waals surface area contributed by atoms with Crippen LogP contribution in [0.2, 0.25) is 0 Å². The number of fused-ring (bicyclic) bond motifs is 1. The van der Waals surface area contributed by atoms with Gasteiger partial charge in [0.25, 0.3) is 0 Å². The minimum absolute atomic E-state index is 0.102. The van der Waals surface area contributed by atoms with Crippen molar-refractivity contribution in [2.45, 2.75) is 18.4 Å². The number of hydrogen-bond acceptors (Lipinski definition) is 5. The second kappa shape index (κ2) is 5.18. The SMILES string of the molecule is Nc1ccn(-c2cccc(CCN3C[C@H]4C[C@@]4(N)C3)c2)c(=O)n1. The largest absolute Gasteiger partial charge is 0.383 e. The lowest BCUT2D eigenvalue weighted by atomic mass is 10.1. The number of anilines is 1. The molecule has 0 spiro atoms. The van der Waals surface area contributed by atoms with Crippen LogP contribution in [0.15, 0.2) is 41.3 Å². The van der Waals surface area contributed by atoms with E-state index in [1.54, 1.807) is 12.3 Å². The van der Waals surface area contributed by atoms with Gasteiger partial charge < -0.3 is 16.4 Å². The molecule has 1 aromatic heterocycles. The van der Waals surface area contributed by atoms with Gasteiger partial charge in [-0.05, 0) is 42.5 Å². The van der Waals surface area contributed by atoms with Crippen LogP contribution < -0.4 is 17.2 Å². The molecule has 2 heterocycles. The zero-order valence-electron chi connectivity index (χ0n) is 13.0. The molecule has 1 aliphatic carbocycles. The fourth-order valence-electron chi connectivity index (χ4n) is 3.56. The molecule has 6 heteroatoms. The summed E-state index contributed by atoms with van der Waals surface area (Å²) in [6.45, 7) is 3.14. The Bertz CT molecular complexity index is 802. The van der Waals surface area contributed by atoms with E-state index in [0.29, 0.717) is 5.92 Å². The van der Waals surface area contributed by atoms with Gasteiger partial charge in [0.2, 0.25) is 0 Å². The Kier molecular flexibility index (Phi) is 3.25. The zero-order valence-corrected chi connectivity index (χ0v) is 13.0. The van der Waals surface area contributed by atoms with E-state index in [1.165, 1.54) is 16.6 Å². The van der Waals surface area contributed by atoms with Crippen molar-refractivity contribution in [3.05, 3.63) is 52.6 Å². The van der Waals surface area contributed by atoms with E-state index in [4.69, 9.17) is 11.5 Å². The highest BCUT2D eigenvalue weighted by Crippen LogP contribution is 2.47. The molecule has 6 nitrogen and oxygen atoms in total. The van der Waals surface area contributed by atoms with Gasteiger partial charge in [-0.1, -0.05) is 12.1 Å². The Morgan fingerprint density at radius 1 is 1.35 bits per heavy atom. The summed E-state index contributed by atoms with van der Waals surface area (Å²) in [6, 6.07) is 9.63. The first kappa shape index (κ1) is 14.4. The predicted octanol–water partition coefficient (Wildman–Crippen LogP) is 0.390. The predicted molar refractivity (Wildman–Crippen MR) is 89.4 cm³/mol. The van der Waals surface area contributed by atoms with Gasteiger partial charge in [-0.3, -0.25) is 4.57 Å². The van der Waals surface area contributed by atoms with Crippen molar-refractivity contribution in [1.29, 1.82) is 0 Å². The lowest BCUT2D eigenvalue weighted by molar-refractivity contribution is 0.302. The number of aromatic nitrogens is 2. The van der Waals surface area contributed by atoms with Crippen LogP contribution in [0.3, 0.4) is 0 Å². The number of benzene rings is 1. The van der Waals surface area contributed by atoms with E-state index in [9.17, 15) is 4.79 Å². The summed E-state index contributed by atoms with van der Waals surface area (Å²) < 4.78 is 1.51. The summed E-state index contributed by atoms with van der Waals surface area (Å²) in [5.74, 6) is 0.943. The number of likely N-dealkylation sites (tertiary alicyclic amines) is 1. The number of nitrogens with two attached hydrogens (primary N) is 2. The Morgan fingerprint density at radius 3 is 2.96 bits per heavy atom. The molecule has 1 aromatic carbocycles. The van der Waals surface area contributed by atoms with E-state index < -0.39 is 0 Å². The molecule has 1 saturated heterocycles. The van der Waals surface area contributed by atoms with E-state index in [-0.39, 0.29) is 17.0 Å². The molecule has 4 rings (SSSR count). The number of piperidine rings is 1. The molecule has 2 atom stereocenters. The van der Waals surface area contributed by atoms with Gasteiger partial charge in [-0.25, -0.2) is 4.79 Å². The molecule has 1 saturated carbocycles. The van der Waals surface area contributed by atoms with Crippen LogP contribution in [0.5, 0.6) is 0 Å². The maximum atomic E-state index is 11.9. The van der Waals surface area contributed by atoms with Gasteiger partial charge in [0.05, 0.1) is 5.69 Å². The average molecular weight is 311 g/mol. The maximum absolute atomic E-state index is 11.9. The molecule has 1 aliphatic heterocycles. The minimum atomic E-state index is -0.355. The molecule has 0 unspecified atom stereocenters. The Morgan fingerprint density at radius 2 is 2.22 bits per heavy atom. The standard InChI is InChI=1S/C17H21N5O/c18-15-5-7-22(16(23)20-15)14-3-1-2-12(8-14)4-6-21-10-13-9-17(13,19)11-21/h1-3,5,7-8,13H,4,6,9-11,19H2,(H2,18,20,23)/t13-,17-/m1/s1. The summed E-state index contributed by atoms with van der Waals surface area (Å²) in [7, 11) is 0. The number of rotatable bonds is 4. The second-order valence-corrected chi connectivity index (χ2v) is 6.79. The number of nitrogen functional groups attached to an aromatic ring is 1. The highest BCUT2D eigenvalue weighted by atomic mass is 16.1. The first-order valence-electron chi connectivity index (χ1n) is 7.99. The number of hydrogen-bond donors (Lipinski definition) is 2. The molecular formula is C17H21N5O. The highest BCUT2D eigenvalue weighted by Gasteiger charge is 2.56. The van der Waals surface area contributed by atoms with Crippen molar-refractivity contribution in [3.63, 3.8) is 0 Å². The van der Waals surface area contributed by atoms with Crippen LogP contribution in [-0.4, -0.2) is 39.6 Å². The minimum Gasteiger partial charge on any atom is -0.383 e. The van der Waals surface area contributed by atoms with Crippen LogP contribution in [0.25, 0.3) is 5.69 Å². The molecule has 2 fully saturated rings. The third-order valence-corrected chi connectivity index (χ3v) is 5.01. The van der Waals surface area contributed by atoms with Crippen molar-refractivity contribution in [2.24, 2.45) is 11.7 Å². The molecule has 4 N–H and O–H groups in total. The van der Waals surface area contributed by atoms with E-state index in [0.717, 1.165) is 31.7 Å². The van der Waals surface area contributed by atoms with Crippen LogP contribution in [0, 0.1) is 5.92 Å². The third-order valence-electron chi connectivity index (χ3n) is 5.01. The molecule has 23 heavy (non-hydrogen) atoms. The summed E-state index contributed by atoms with van der Waals surface area (Å²) >= 11 is 0. The molecule has 0 radical (unpaired) electrons. The van der Waals surface area contributed by atoms with Crippen LogP contribution in [0.4, 0.5) is 5.82 Å². The summed E-state index contributed by atoms with van der Waals surface area (Å²) in [5, 5.41) is 0. The Hall–Kier alpha value is -2.18. The first-order valence-corrected chi connectivity index (χ1v) is 7.99. The monoisotopic (exact) mass is 311 g/mol. The third kappa shape index (κ3) is 2.75. The quantitative estimate of drug-likeness (QED) is 0.852. The van der Waals surface area contributed by atoms with Crippen molar-refractivity contribution in [1.82, 2.24) is 14.5 Å². The molecular weight excluding hydrogens is 290 g/mol. The number of nitrogens with zero attached hydrogens (tertiary/aromatic N) is 3. The molecule has 0 bridgehead atoms. The van der Waals surface area contributed by atoms with Crippen molar-refractivity contribution in [3.8, 4) is 5.69 Å². The topological polar surface area (TPSA) is 90.2 Å². The van der Waals surface area contributed by atoms with Gasteiger partial charge in [0.15, 0.2) is 0 Å². The van der Waals surface area contributed by atoms with E-state index in [2.05, 4.69) is 16.0 Å². The smallest absolute Gasteiger partial charge is 0.354 e. The van der Waals surface area contributed by atoms with Crippen LogP contribution >= 0.6 is 0 Å². The van der Waals surface area contributed by atoms with Crippen LogP contribution in [-0.2, 0) is 6.42 Å². The molecule has 2 aliphatic rings. The van der Waals surface area contributed by atoms with E-state index in [1.807, 2.05) is 18.2 Å². The Labute approximate surface area is 134 Å². The van der Waals surface area contributed by atoms with Gasteiger partial charge >= 0.3 is 5.69 Å². The molecule has 0 amide bonds. The highest BCUT2D eigenvalue weighted by molar-refractivity contribution is 5.37. The lowest BCUT2D eigenvalue weighted by Crippen LogP contribution is -2.34. The lowest BCUT2D eigenvalue weighted by Gasteiger charge is -2.19. The maximum Gasteiger partial charge on any atom is 0.354 e. The summed E-state index contributed by atoms with van der Waals surface area (Å²) in [6.07, 6.45) is 3.80. The summed E-state index contributed by atoms with van der Waals surface area (Å²) in [5.41, 5.74) is 13.6. The Balaban J connectivity index is 1.47. The zero-order chi connectivity index (χ0) is 16.0. The first-order chi connectivity index (χ1) is 11.0. The average Bonchev–Trinajstić information content (AvgIpc) is 3.03. The summed E-state index contributed by atoms with van der Waals surface area (Å²) in [4.78, 5) is 18.2. The normalized spacial score (nSPS) is 26.2. The van der Waals surface area contributed by atoms with Crippen molar-refractivity contribution < 1.29 is 0 Å². The fourth-order valence-corrected chi connectivity index (χ4v) is 3.56. The second-order valence-electron chi connectivity index (χ2n) is 6.79. The fraction of sp³-hybridized carbons (Fsp3) is 0.412. The van der Waals surface area contributed by atoms with Crippen LogP contribution in [0.1, 0.15) is 12.0 Å².